The van der Waals surface area contributed by atoms with Crippen molar-refractivity contribution in [3.8, 4) is 0 Å². The number of carbonyl (C=O) groups excluding carboxylic acids is 1. The van der Waals surface area contributed by atoms with Crippen molar-refractivity contribution in [3.05, 3.63) is 23.0 Å². The summed E-state index contributed by atoms with van der Waals surface area (Å²) in [6.07, 6.45) is 2.12. The standard InChI is InChI=1S/C19H26N4O3/c1-10-14-12(16(24)21-19(5,6)17(25)26)9-13(11-7-8-11)20-15(14)23(22-10)18(2,3)4/h9,11H,7-8H2,1-6H3,(H,21,24)(H,25,26). The minimum absolute atomic E-state index is 0.282. The number of amides is 1. The number of nitrogens with zero attached hydrogens (tertiary/aromatic N) is 3. The molecule has 1 aliphatic rings. The number of carboxylic acid groups (broad SMARTS) is 1. The van der Waals surface area contributed by atoms with E-state index in [1.165, 1.54) is 13.8 Å². The first-order valence-corrected chi connectivity index (χ1v) is 8.88. The summed E-state index contributed by atoms with van der Waals surface area (Å²) in [6.45, 7) is 10.9. The lowest BCUT2D eigenvalue weighted by Crippen LogP contribution is -2.49. The second kappa shape index (κ2) is 5.79. The molecule has 0 spiro atoms. The van der Waals surface area contributed by atoms with Gasteiger partial charge in [0, 0.05) is 11.6 Å². The minimum atomic E-state index is -1.36. The molecule has 0 saturated heterocycles. The van der Waals surface area contributed by atoms with Crippen molar-refractivity contribution in [3.63, 3.8) is 0 Å². The molecule has 2 N–H and O–H groups in total. The van der Waals surface area contributed by atoms with Crippen molar-refractivity contribution < 1.29 is 14.7 Å². The van der Waals surface area contributed by atoms with Crippen LogP contribution in [0.25, 0.3) is 11.0 Å². The van der Waals surface area contributed by atoms with E-state index >= 15 is 0 Å². The summed E-state index contributed by atoms with van der Waals surface area (Å²) in [5.74, 6) is -1.13. The van der Waals surface area contributed by atoms with Gasteiger partial charge in [-0.3, -0.25) is 4.79 Å². The molecular formula is C19H26N4O3. The second-order valence-electron chi connectivity index (χ2n) is 8.62. The Hall–Kier alpha value is -2.44. The van der Waals surface area contributed by atoms with Crippen LogP contribution in [0, 0.1) is 6.92 Å². The fourth-order valence-electron chi connectivity index (χ4n) is 2.95. The number of aliphatic carboxylic acids is 1. The number of rotatable bonds is 4. The molecule has 0 aromatic carbocycles. The van der Waals surface area contributed by atoms with Gasteiger partial charge in [-0.1, -0.05) is 0 Å². The van der Waals surface area contributed by atoms with Crippen molar-refractivity contribution >= 4 is 22.9 Å². The average molecular weight is 358 g/mol. The number of nitrogens with one attached hydrogen (secondary N) is 1. The summed E-state index contributed by atoms with van der Waals surface area (Å²) in [6, 6.07) is 1.80. The minimum Gasteiger partial charge on any atom is -0.480 e. The van der Waals surface area contributed by atoms with Gasteiger partial charge in [-0.2, -0.15) is 5.10 Å². The number of fused-ring (bicyclic) bond motifs is 1. The van der Waals surface area contributed by atoms with Crippen molar-refractivity contribution in [2.75, 3.05) is 0 Å². The van der Waals surface area contributed by atoms with E-state index in [9.17, 15) is 14.7 Å². The molecule has 1 saturated carbocycles. The van der Waals surface area contributed by atoms with Crippen molar-refractivity contribution in [2.45, 2.75) is 71.4 Å². The monoisotopic (exact) mass is 358 g/mol. The lowest BCUT2D eigenvalue weighted by molar-refractivity contribution is -0.143. The lowest BCUT2D eigenvalue weighted by Gasteiger charge is -2.22. The Morgan fingerprint density at radius 2 is 1.85 bits per heavy atom. The van der Waals surface area contributed by atoms with E-state index in [0.717, 1.165) is 18.5 Å². The van der Waals surface area contributed by atoms with E-state index < -0.39 is 17.4 Å². The van der Waals surface area contributed by atoms with Crippen LogP contribution < -0.4 is 5.32 Å². The Bertz CT molecular complexity index is 902. The van der Waals surface area contributed by atoms with Gasteiger partial charge >= 0.3 is 5.97 Å². The van der Waals surface area contributed by atoms with E-state index in [4.69, 9.17) is 4.98 Å². The van der Waals surface area contributed by atoms with Gasteiger partial charge in [-0.05, 0) is 60.5 Å². The molecule has 0 aliphatic heterocycles. The Balaban J connectivity index is 2.19. The zero-order chi connectivity index (χ0) is 19.4. The molecule has 2 heterocycles. The molecule has 0 radical (unpaired) electrons. The predicted molar refractivity (Wildman–Crippen MR) is 98.4 cm³/mol. The first kappa shape index (κ1) is 18.4. The van der Waals surface area contributed by atoms with Crippen molar-refractivity contribution in [2.24, 2.45) is 0 Å². The number of aryl methyl sites for hydroxylation is 1. The maximum atomic E-state index is 12.9. The number of hydrogen-bond donors (Lipinski definition) is 2. The molecule has 0 unspecified atom stereocenters. The van der Waals surface area contributed by atoms with E-state index in [1.54, 1.807) is 6.07 Å². The number of carbonyl (C=O) groups is 2. The Morgan fingerprint density at radius 3 is 2.35 bits per heavy atom. The van der Waals surface area contributed by atoms with Crippen LogP contribution in [0.15, 0.2) is 6.07 Å². The fourth-order valence-corrected chi connectivity index (χ4v) is 2.95. The molecule has 2 aromatic rings. The highest BCUT2D eigenvalue weighted by Crippen LogP contribution is 2.41. The van der Waals surface area contributed by atoms with Crippen molar-refractivity contribution in [1.29, 1.82) is 0 Å². The summed E-state index contributed by atoms with van der Waals surface area (Å²) in [5.41, 5.74) is 1.07. The highest BCUT2D eigenvalue weighted by atomic mass is 16.4. The van der Waals surface area contributed by atoms with Gasteiger partial charge in [-0.25, -0.2) is 14.5 Å². The van der Waals surface area contributed by atoms with Gasteiger partial charge in [-0.15, -0.1) is 0 Å². The molecule has 2 aromatic heterocycles. The molecule has 26 heavy (non-hydrogen) atoms. The van der Waals surface area contributed by atoms with Gasteiger partial charge in [0.1, 0.15) is 5.54 Å². The van der Waals surface area contributed by atoms with Gasteiger partial charge in [0.25, 0.3) is 5.91 Å². The van der Waals surface area contributed by atoms with E-state index in [0.29, 0.717) is 28.2 Å². The Labute approximate surface area is 152 Å². The zero-order valence-electron chi connectivity index (χ0n) is 16.2. The first-order chi connectivity index (χ1) is 11.9. The average Bonchev–Trinajstić information content (AvgIpc) is 3.29. The maximum Gasteiger partial charge on any atom is 0.328 e. The third-order valence-corrected chi connectivity index (χ3v) is 4.67. The topological polar surface area (TPSA) is 97.1 Å². The van der Waals surface area contributed by atoms with Gasteiger partial charge in [0.05, 0.1) is 22.2 Å². The molecule has 7 nitrogen and oxygen atoms in total. The highest BCUT2D eigenvalue weighted by molar-refractivity contribution is 6.08. The SMILES string of the molecule is Cc1nn(C(C)(C)C)c2nc(C3CC3)cc(C(=O)NC(C)(C)C(=O)O)c12. The Morgan fingerprint density at radius 1 is 1.23 bits per heavy atom. The smallest absolute Gasteiger partial charge is 0.328 e. The third kappa shape index (κ3) is 3.18. The largest absolute Gasteiger partial charge is 0.480 e. The van der Waals surface area contributed by atoms with E-state index in [1.807, 2.05) is 32.4 Å². The fraction of sp³-hybridized carbons (Fsp3) is 0.579. The third-order valence-electron chi connectivity index (χ3n) is 4.67. The van der Waals surface area contributed by atoms with E-state index in [-0.39, 0.29) is 5.54 Å². The van der Waals surface area contributed by atoms with Crippen molar-refractivity contribution in [1.82, 2.24) is 20.1 Å². The normalized spacial score (nSPS) is 15.3. The van der Waals surface area contributed by atoms with Gasteiger partial charge in [0.2, 0.25) is 0 Å². The molecule has 7 heteroatoms. The molecule has 1 amide bonds. The van der Waals surface area contributed by atoms with E-state index in [2.05, 4.69) is 10.4 Å². The van der Waals surface area contributed by atoms with Gasteiger partial charge in [0.15, 0.2) is 5.65 Å². The first-order valence-electron chi connectivity index (χ1n) is 8.88. The molecule has 1 fully saturated rings. The lowest BCUT2D eigenvalue weighted by atomic mass is 10.0. The van der Waals surface area contributed by atoms with Crippen LogP contribution >= 0.6 is 0 Å². The highest BCUT2D eigenvalue weighted by Gasteiger charge is 2.33. The van der Waals surface area contributed by atoms with Crippen LogP contribution in [0.1, 0.15) is 75.1 Å². The van der Waals surface area contributed by atoms with Gasteiger partial charge < -0.3 is 10.4 Å². The molecule has 0 atom stereocenters. The summed E-state index contributed by atoms with van der Waals surface area (Å²) >= 11 is 0. The molecule has 1 aliphatic carbocycles. The summed E-state index contributed by atoms with van der Waals surface area (Å²) in [5, 5.41) is 17.2. The maximum absolute atomic E-state index is 12.9. The number of pyridine rings is 1. The molecule has 140 valence electrons. The number of hydrogen-bond acceptors (Lipinski definition) is 4. The van der Waals surface area contributed by atoms with Crippen LogP contribution in [0.5, 0.6) is 0 Å². The zero-order valence-corrected chi connectivity index (χ0v) is 16.2. The Kier molecular flexibility index (Phi) is 4.09. The van der Waals surface area contributed by atoms with Crippen LogP contribution in [0.3, 0.4) is 0 Å². The predicted octanol–water partition coefficient (Wildman–Crippen LogP) is 2.97. The van der Waals surface area contributed by atoms with Crippen LogP contribution in [-0.2, 0) is 10.3 Å². The number of carboxylic acids is 1. The molecular weight excluding hydrogens is 332 g/mol. The molecule has 0 bridgehead atoms. The van der Waals surface area contributed by atoms with Crippen LogP contribution in [0.2, 0.25) is 0 Å². The van der Waals surface area contributed by atoms with Crippen LogP contribution in [-0.4, -0.2) is 37.3 Å². The summed E-state index contributed by atoms with van der Waals surface area (Å²) < 4.78 is 1.85. The molecule has 3 rings (SSSR count). The second-order valence-corrected chi connectivity index (χ2v) is 8.62. The van der Waals surface area contributed by atoms with Crippen LogP contribution in [0.4, 0.5) is 0 Å². The summed E-state index contributed by atoms with van der Waals surface area (Å²) in [4.78, 5) is 29.1. The number of aromatic nitrogens is 3. The summed E-state index contributed by atoms with van der Waals surface area (Å²) in [7, 11) is 0. The quantitative estimate of drug-likeness (QED) is 0.876.